The Bertz CT molecular complexity index is 587. The van der Waals surface area contributed by atoms with Gasteiger partial charge in [0.15, 0.2) is 9.62 Å². The SMILES string of the molecule is CSc1ncc2c(n1)CCN(Cc1cnc(Cl)s1)C2. The van der Waals surface area contributed by atoms with Gasteiger partial charge in [0.05, 0.1) is 5.69 Å². The van der Waals surface area contributed by atoms with Crippen LogP contribution in [0.1, 0.15) is 16.1 Å². The van der Waals surface area contributed by atoms with Gasteiger partial charge >= 0.3 is 0 Å². The van der Waals surface area contributed by atoms with Crippen molar-refractivity contribution in [3.8, 4) is 0 Å². The molecule has 0 unspecified atom stereocenters. The van der Waals surface area contributed by atoms with Gasteiger partial charge in [0.2, 0.25) is 0 Å². The Morgan fingerprint density at radius 3 is 3.05 bits per heavy atom. The maximum Gasteiger partial charge on any atom is 0.187 e. The summed E-state index contributed by atoms with van der Waals surface area (Å²) in [4.78, 5) is 16.6. The van der Waals surface area contributed by atoms with E-state index in [1.54, 1.807) is 23.1 Å². The maximum absolute atomic E-state index is 5.86. The number of nitrogens with zero attached hydrogens (tertiary/aromatic N) is 4. The molecule has 19 heavy (non-hydrogen) atoms. The summed E-state index contributed by atoms with van der Waals surface area (Å²) >= 11 is 9.00. The van der Waals surface area contributed by atoms with E-state index in [-0.39, 0.29) is 0 Å². The normalized spacial score (nSPS) is 15.5. The van der Waals surface area contributed by atoms with Crippen molar-refractivity contribution in [2.45, 2.75) is 24.7 Å². The van der Waals surface area contributed by atoms with Crippen LogP contribution in [-0.4, -0.2) is 32.7 Å². The smallest absolute Gasteiger partial charge is 0.187 e. The molecule has 0 saturated carbocycles. The summed E-state index contributed by atoms with van der Waals surface area (Å²) in [6.45, 7) is 2.82. The number of hydrogen-bond donors (Lipinski definition) is 0. The van der Waals surface area contributed by atoms with Gasteiger partial charge in [0.25, 0.3) is 0 Å². The number of aromatic nitrogens is 3. The van der Waals surface area contributed by atoms with Crippen LogP contribution in [0.25, 0.3) is 0 Å². The average molecular weight is 313 g/mol. The summed E-state index contributed by atoms with van der Waals surface area (Å²) in [7, 11) is 0. The first-order chi connectivity index (χ1) is 9.24. The van der Waals surface area contributed by atoms with E-state index in [0.29, 0.717) is 4.47 Å². The number of fused-ring (bicyclic) bond motifs is 1. The van der Waals surface area contributed by atoms with Crippen molar-refractivity contribution in [3.05, 3.63) is 33.0 Å². The number of hydrogen-bond acceptors (Lipinski definition) is 6. The molecule has 2 aromatic heterocycles. The molecule has 0 bridgehead atoms. The van der Waals surface area contributed by atoms with Crippen LogP contribution in [0.2, 0.25) is 4.47 Å². The van der Waals surface area contributed by atoms with Crippen LogP contribution in [0, 0.1) is 0 Å². The van der Waals surface area contributed by atoms with E-state index in [0.717, 1.165) is 31.2 Å². The molecule has 0 atom stereocenters. The van der Waals surface area contributed by atoms with E-state index >= 15 is 0 Å². The minimum absolute atomic E-state index is 0.611. The zero-order valence-corrected chi connectivity index (χ0v) is 12.9. The number of thioether (sulfide) groups is 1. The highest BCUT2D eigenvalue weighted by atomic mass is 35.5. The van der Waals surface area contributed by atoms with Crippen LogP contribution >= 0.6 is 34.7 Å². The fourth-order valence-corrected chi connectivity index (χ4v) is 3.55. The van der Waals surface area contributed by atoms with E-state index in [1.807, 2.05) is 18.6 Å². The van der Waals surface area contributed by atoms with Gasteiger partial charge < -0.3 is 0 Å². The maximum atomic E-state index is 5.86. The van der Waals surface area contributed by atoms with E-state index in [4.69, 9.17) is 11.6 Å². The molecule has 0 aliphatic carbocycles. The molecule has 1 aliphatic rings. The van der Waals surface area contributed by atoms with Crippen LogP contribution in [0.4, 0.5) is 0 Å². The van der Waals surface area contributed by atoms with Crippen molar-refractivity contribution >= 4 is 34.7 Å². The number of rotatable bonds is 3. The third-order valence-electron chi connectivity index (χ3n) is 3.08. The zero-order chi connectivity index (χ0) is 13.2. The lowest BCUT2D eigenvalue weighted by Gasteiger charge is -2.27. The summed E-state index contributed by atoms with van der Waals surface area (Å²) in [5, 5.41) is 0.862. The van der Waals surface area contributed by atoms with Crippen LogP contribution in [0.15, 0.2) is 17.6 Å². The Kier molecular flexibility index (Phi) is 4.02. The molecule has 2 aromatic rings. The Balaban J connectivity index is 1.71. The van der Waals surface area contributed by atoms with Crippen molar-refractivity contribution in [2.75, 3.05) is 12.8 Å². The molecule has 4 nitrogen and oxygen atoms in total. The predicted octanol–water partition coefficient (Wildman–Crippen LogP) is 2.87. The lowest BCUT2D eigenvalue weighted by molar-refractivity contribution is 0.244. The van der Waals surface area contributed by atoms with Crippen LogP contribution in [0.3, 0.4) is 0 Å². The van der Waals surface area contributed by atoms with E-state index in [9.17, 15) is 0 Å². The second-order valence-electron chi connectivity index (χ2n) is 4.37. The first-order valence-electron chi connectivity index (χ1n) is 5.96. The summed E-state index contributed by atoms with van der Waals surface area (Å²) in [6, 6.07) is 0. The lowest BCUT2D eigenvalue weighted by Crippen LogP contribution is -2.30. The molecule has 0 radical (unpaired) electrons. The third kappa shape index (κ3) is 3.08. The second-order valence-corrected chi connectivity index (χ2v) is 6.84. The first kappa shape index (κ1) is 13.3. The molecule has 3 rings (SSSR count). The largest absolute Gasteiger partial charge is 0.293 e. The van der Waals surface area contributed by atoms with E-state index in [1.165, 1.54) is 16.1 Å². The molecule has 0 aromatic carbocycles. The minimum atomic E-state index is 0.611. The van der Waals surface area contributed by atoms with Gasteiger partial charge in [-0.2, -0.15) is 0 Å². The van der Waals surface area contributed by atoms with Crippen LogP contribution in [0.5, 0.6) is 0 Å². The number of halogens is 1. The Labute approximate surface area is 125 Å². The van der Waals surface area contributed by atoms with E-state index < -0.39 is 0 Å². The van der Waals surface area contributed by atoms with Gasteiger partial charge in [-0.15, -0.1) is 11.3 Å². The van der Waals surface area contributed by atoms with Crippen LogP contribution in [-0.2, 0) is 19.5 Å². The summed E-state index contributed by atoms with van der Waals surface area (Å²) in [6.07, 6.45) is 6.80. The van der Waals surface area contributed by atoms with Crippen LogP contribution < -0.4 is 0 Å². The fraction of sp³-hybridized carbons (Fsp3) is 0.417. The van der Waals surface area contributed by atoms with Gasteiger partial charge in [-0.1, -0.05) is 23.4 Å². The number of thiazole rings is 1. The molecule has 7 heteroatoms. The molecule has 0 spiro atoms. The minimum Gasteiger partial charge on any atom is -0.293 e. The first-order valence-corrected chi connectivity index (χ1v) is 8.38. The van der Waals surface area contributed by atoms with E-state index in [2.05, 4.69) is 19.9 Å². The van der Waals surface area contributed by atoms with Gasteiger partial charge in [0.1, 0.15) is 0 Å². The third-order valence-corrected chi connectivity index (χ3v) is 4.74. The van der Waals surface area contributed by atoms with Gasteiger partial charge in [-0.25, -0.2) is 15.0 Å². The molecule has 0 amide bonds. The predicted molar refractivity (Wildman–Crippen MR) is 78.8 cm³/mol. The van der Waals surface area contributed by atoms with Crippen molar-refractivity contribution < 1.29 is 0 Å². The highest BCUT2D eigenvalue weighted by molar-refractivity contribution is 7.98. The molecule has 100 valence electrons. The fourth-order valence-electron chi connectivity index (χ4n) is 2.17. The topological polar surface area (TPSA) is 41.9 Å². The molecular formula is C12H13ClN4S2. The summed E-state index contributed by atoms with van der Waals surface area (Å²) in [5.41, 5.74) is 2.43. The van der Waals surface area contributed by atoms with Gasteiger partial charge in [-0.3, -0.25) is 4.90 Å². The molecule has 0 N–H and O–H groups in total. The summed E-state index contributed by atoms with van der Waals surface area (Å²) < 4.78 is 0.611. The highest BCUT2D eigenvalue weighted by Crippen LogP contribution is 2.23. The Morgan fingerprint density at radius 1 is 1.42 bits per heavy atom. The molecule has 3 heterocycles. The quantitative estimate of drug-likeness (QED) is 0.644. The molecular weight excluding hydrogens is 300 g/mol. The monoisotopic (exact) mass is 312 g/mol. The molecule has 0 saturated heterocycles. The molecule has 0 fully saturated rings. The van der Waals surface area contributed by atoms with Crippen molar-refractivity contribution in [2.24, 2.45) is 0 Å². The Hall–Kier alpha value is -0.690. The van der Waals surface area contributed by atoms with Gasteiger partial charge in [-0.05, 0) is 6.26 Å². The molecule has 1 aliphatic heterocycles. The second kappa shape index (κ2) is 5.75. The van der Waals surface area contributed by atoms with Crippen molar-refractivity contribution in [1.82, 2.24) is 19.9 Å². The standard InChI is InChI=1S/C12H13ClN4S2/c1-18-12-15-4-8-6-17(3-2-10(8)16-12)7-9-5-14-11(13)19-9/h4-5H,2-3,6-7H2,1H3. The highest BCUT2D eigenvalue weighted by Gasteiger charge is 2.19. The Morgan fingerprint density at radius 2 is 2.32 bits per heavy atom. The summed E-state index contributed by atoms with van der Waals surface area (Å²) in [5.74, 6) is 0. The lowest BCUT2D eigenvalue weighted by atomic mass is 10.1. The zero-order valence-electron chi connectivity index (χ0n) is 10.5. The van der Waals surface area contributed by atoms with Crippen molar-refractivity contribution in [1.29, 1.82) is 0 Å². The average Bonchev–Trinajstić information content (AvgIpc) is 2.83. The van der Waals surface area contributed by atoms with Crippen molar-refractivity contribution in [3.63, 3.8) is 0 Å². The van der Waals surface area contributed by atoms with Gasteiger partial charge in [0, 0.05) is 48.9 Å².